The van der Waals surface area contributed by atoms with Gasteiger partial charge in [0.2, 0.25) is 17.1 Å². The molecule has 0 saturated carbocycles. The second-order valence-electron chi connectivity index (χ2n) is 34.8. The van der Waals surface area contributed by atoms with E-state index in [9.17, 15) is 78.8 Å². The predicted octanol–water partition coefficient (Wildman–Crippen LogP) is 18.9. The number of esters is 1. The summed E-state index contributed by atoms with van der Waals surface area (Å²) in [6, 6.07) is 96.8. The van der Waals surface area contributed by atoms with Gasteiger partial charge < -0.3 is 73.1 Å². The van der Waals surface area contributed by atoms with Gasteiger partial charge in [0.15, 0.2) is 0 Å². The summed E-state index contributed by atoms with van der Waals surface area (Å²) in [5.74, 6) is -2.53. The van der Waals surface area contributed by atoms with E-state index in [1.165, 1.54) is 78.7 Å². The van der Waals surface area contributed by atoms with Crippen molar-refractivity contribution in [2.24, 2.45) is 10.8 Å². The summed E-state index contributed by atoms with van der Waals surface area (Å²) < 4.78 is 8.77. The Balaban J connectivity index is 0.000000272. The molecule has 147 heavy (non-hydrogen) atoms. The van der Waals surface area contributed by atoms with Gasteiger partial charge in [0.05, 0.1) is 26.3 Å². The number of non-ortho nitro benzene ring substituents is 4. The van der Waals surface area contributed by atoms with Crippen molar-refractivity contribution in [2.45, 2.75) is 101 Å². The maximum atomic E-state index is 13.4. The molecule has 38 heteroatoms. The Morgan fingerprint density at radius 1 is 0.408 bits per heavy atom. The molecule has 0 aliphatic heterocycles. The van der Waals surface area contributed by atoms with Crippen LogP contribution in [-0.2, 0) is 51.5 Å². The van der Waals surface area contributed by atoms with Crippen LogP contribution in [0.1, 0.15) is 139 Å². The van der Waals surface area contributed by atoms with Gasteiger partial charge in [-0.15, -0.1) is 0 Å². The largest absolute Gasteiger partial charge is 1.00 e. The minimum atomic E-state index is -1.09. The zero-order valence-corrected chi connectivity index (χ0v) is 86.7. The van der Waals surface area contributed by atoms with Crippen molar-refractivity contribution in [3.8, 4) is 0 Å². The zero-order valence-electron chi connectivity index (χ0n) is 83.4. The van der Waals surface area contributed by atoms with Gasteiger partial charge in [0.25, 0.3) is 40.5 Å². The number of fused-ring (bicyclic) bond motifs is 5. The fraction of sp³-hybridized carbons (Fsp3) is 0.174. The van der Waals surface area contributed by atoms with Gasteiger partial charge in [-0.05, 0) is 199 Å². The molecule has 0 fully saturated rings. The third-order valence-corrected chi connectivity index (χ3v) is 21.5. The molecule has 5 heterocycles. The van der Waals surface area contributed by atoms with Crippen LogP contribution in [0.3, 0.4) is 0 Å². The summed E-state index contributed by atoms with van der Waals surface area (Å²) in [5, 5.41) is 70.1. The van der Waals surface area contributed by atoms with Crippen molar-refractivity contribution in [3.63, 3.8) is 0 Å². The Bertz CT molecular complexity index is 7350. The first-order valence-electron chi connectivity index (χ1n) is 45.3. The molecule has 0 bridgehead atoms. The molecular weight excluding hydrogens is 1970 g/mol. The Kier molecular flexibility index (Phi) is 46.2. The van der Waals surface area contributed by atoms with Gasteiger partial charge in [-0.3, -0.25) is 69.2 Å². The fourth-order valence-electron chi connectivity index (χ4n) is 14.4. The SMILES string of the molecule is BrCCc1ccccc1.CC(=O)Nc1ccc(NC(=O)c2cc3cc(NC(=O)CC(C)(C)C)ccc3n2CCc2ccccc2)cc1.CC(C)(C)CC(=O)Cl.CCOC(=O)c1cc2cc([N+](=O)[O-])ccc2[nH]1.Nc1ccccc1.O=C(Nc1ccccc1)c1cc2cc([N+](=O)[O-])ccc2[nH]1.O=C(Nc1ccccc1)c1cc2cc([N+](=O)[O-])ccc2n1CCc1ccccc1.O=C(O)c1cc2cc([N+](=O)[O-])ccc2[nH]1.[H-].[Li+].[Na+].[OH-]. The minimum Gasteiger partial charge on any atom is -1.00 e. The van der Waals surface area contributed by atoms with E-state index in [-0.39, 0.29) is 136 Å². The summed E-state index contributed by atoms with van der Waals surface area (Å²) >= 11 is 8.51. The van der Waals surface area contributed by atoms with Gasteiger partial charge in [-0.2, -0.15) is 0 Å². The molecule has 17 rings (SSSR count). The third-order valence-electron chi connectivity index (χ3n) is 21.0. The second kappa shape index (κ2) is 57.5. The van der Waals surface area contributed by atoms with E-state index < -0.39 is 31.6 Å². The Morgan fingerprint density at radius 3 is 1.10 bits per heavy atom. The number of carbonyl (C=O) groups is 8. The summed E-state index contributed by atoms with van der Waals surface area (Å²) in [6.07, 6.45) is 3.50. The van der Waals surface area contributed by atoms with Gasteiger partial charge in [0.1, 0.15) is 28.5 Å². The molecule has 12 aromatic carbocycles. The van der Waals surface area contributed by atoms with E-state index in [1.807, 2.05) is 208 Å². The Hall–Kier alpha value is -16.0. The molecule has 0 radical (unpaired) electrons. The monoisotopic (exact) mass is 2080 g/mol. The smallest absolute Gasteiger partial charge is 1.00 e. The van der Waals surface area contributed by atoms with Crippen LogP contribution >= 0.6 is 27.5 Å². The number of ether oxygens (including phenoxy) is 1. The van der Waals surface area contributed by atoms with Crippen LogP contribution in [0, 0.1) is 51.3 Å². The number of carboxylic acid groups (broad SMARTS) is 1. The van der Waals surface area contributed by atoms with E-state index in [4.69, 9.17) is 27.2 Å². The predicted molar refractivity (Wildman–Crippen MR) is 572 cm³/mol. The van der Waals surface area contributed by atoms with Crippen LogP contribution in [0.15, 0.2) is 328 Å². The summed E-state index contributed by atoms with van der Waals surface area (Å²) in [6.45, 7) is 16.7. The number of halogens is 2. The number of rotatable bonds is 25. The van der Waals surface area contributed by atoms with E-state index in [0.29, 0.717) is 115 Å². The maximum absolute atomic E-state index is 13.4. The molecule has 0 spiro atoms. The van der Waals surface area contributed by atoms with Crippen LogP contribution in [0.2, 0.25) is 0 Å². The van der Waals surface area contributed by atoms with Crippen molar-refractivity contribution in [1.82, 2.24) is 24.1 Å². The summed E-state index contributed by atoms with van der Waals surface area (Å²) in [7, 11) is 0. The Morgan fingerprint density at radius 2 is 0.735 bits per heavy atom. The van der Waals surface area contributed by atoms with Gasteiger partial charge in [-0.25, -0.2) is 9.59 Å². The van der Waals surface area contributed by atoms with Gasteiger partial charge in [0, 0.05) is 175 Å². The number of nitro benzene ring substituents is 4. The first kappa shape index (κ1) is 118. The Labute approximate surface area is 895 Å². The number of anilines is 6. The zero-order chi connectivity index (χ0) is 104. The number of hydrogen-bond acceptors (Lipinski definition) is 19. The van der Waals surface area contributed by atoms with Gasteiger partial charge >= 0.3 is 60.4 Å². The number of nitrogen functional groups attached to an aromatic ring is 1. The third kappa shape index (κ3) is 37.9. The van der Waals surface area contributed by atoms with Crippen LogP contribution in [0.25, 0.3) is 54.5 Å². The van der Waals surface area contributed by atoms with Crippen LogP contribution < -0.4 is 80.7 Å². The number of nitrogens with two attached hydrogens (primary N) is 1. The molecule has 5 amide bonds. The number of carbonyl (C=O) groups excluding carboxylic acids is 7. The van der Waals surface area contributed by atoms with E-state index in [2.05, 4.69) is 93.9 Å². The second-order valence-corrected chi connectivity index (χ2v) is 36.0. The molecular formula is C109H109BrClLiN15NaO19. The molecule has 34 nitrogen and oxygen atoms in total. The van der Waals surface area contributed by atoms with Crippen LogP contribution in [0.5, 0.6) is 0 Å². The average molecular weight is 2080 g/mol. The number of nitro groups is 4. The average Bonchev–Trinajstić information content (AvgIpc) is 1.63. The number of aromatic carboxylic acids is 1. The summed E-state index contributed by atoms with van der Waals surface area (Å²) in [4.78, 5) is 144. The number of aromatic nitrogens is 5. The number of nitrogens with one attached hydrogen (secondary N) is 8. The maximum Gasteiger partial charge on any atom is 1.00 e. The molecule has 12 N–H and O–H groups in total. The molecule has 0 saturated heterocycles. The number of benzene rings is 12. The molecule has 0 aliphatic rings. The molecule has 0 aliphatic carbocycles. The summed E-state index contributed by atoms with van der Waals surface area (Å²) in [5.41, 5.74) is 18.5. The quantitative estimate of drug-likeness (QED) is 0.00483. The number of aryl methyl sites for hydroxylation is 5. The van der Waals surface area contributed by atoms with Gasteiger partial charge in [-0.1, -0.05) is 203 Å². The number of para-hydroxylation sites is 3. The van der Waals surface area contributed by atoms with E-state index in [0.717, 1.165) is 52.3 Å². The molecule has 750 valence electrons. The topological polar surface area (TPSA) is 512 Å². The number of alkyl halides is 1. The molecule has 5 aromatic heterocycles. The standard InChI is InChI=1S/C31H34N4O3.C23H19N3O3.C15H11N3O3.C11H10N2O4.C9H6N2O4.C8H9Br.C6H11ClO.C6H7N.Li.Na.H2O.H/c1-21(36)32-24-10-12-25(13-11-24)34-30(38)28-19-23-18-26(33-29(37)20-31(2,3)4)14-15-27(23)35(28)17-16-22-8-6-5-7-9-22;27-23(24-19-9-5-2-6-10-19)22-16-18-15-20(26(28)29)11-12-21(18)25(22)14-13-17-7-3-1-4-8-17;19-15(16-11-4-2-1-3-5-11)14-9-10-8-12(18(20)21)6-7-13(10)17-14;1-2-17-11(14)10-6-7-5-8(13(15)16)3-4-9(7)12-10;12-9(13)8-4-5-3-6(11(14)15)1-2-7(5)10-8;9-7-6-8-4-2-1-3-5-8;1-6(2,3)4-5(7)8;7-6-4-2-1-3-5-6;;;;/h5-15,18-19H,16-17,20H2,1-4H3,(H,32,36)(H,33,37)(H,34,38);1-12,15-16H,13-14H2,(H,24,27);1-9,17H,(H,16,19);3-6,12H,2H2,1H3;1-4,10H,(H,12,13);1-5H,6-7H2;4H2,1-3H3;1-5H,7H2;;;1H2;/q;;;;;;;;2*+1;;-1/p-1. The van der Waals surface area contributed by atoms with Crippen molar-refractivity contribution >= 4 is 186 Å². The molecule has 0 atom stereocenters. The number of hydrogen-bond donors (Lipinski definition) is 10. The first-order chi connectivity index (χ1) is 68.7. The van der Waals surface area contributed by atoms with E-state index in [1.54, 1.807) is 79.7 Å². The number of aromatic amines is 3. The number of H-pyrrole nitrogens is 3. The number of amides is 5. The normalized spacial score (nSPS) is 10.4. The van der Waals surface area contributed by atoms with Crippen molar-refractivity contribution in [1.29, 1.82) is 0 Å². The minimum absolute atomic E-state index is 0. The number of nitrogens with zero attached hydrogens (tertiary/aromatic N) is 6. The fourth-order valence-corrected chi connectivity index (χ4v) is 15.2. The van der Waals surface area contributed by atoms with Crippen LogP contribution in [0.4, 0.5) is 56.9 Å². The van der Waals surface area contributed by atoms with Crippen molar-refractivity contribution in [2.75, 3.05) is 44.3 Å². The number of carboxylic acids is 1. The first-order valence-corrected chi connectivity index (χ1v) is 46.8. The van der Waals surface area contributed by atoms with E-state index >= 15 is 0 Å². The van der Waals surface area contributed by atoms with Crippen LogP contribution in [-0.4, -0.2) is 113 Å². The molecule has 17 aromatic rings. The van der Waals surface area contributed by atoms with Crippen molar-refractivity contribution < 1.29 is 123 Å². The van der Waals surface area contributed by atoms with Crippen molar-refractivity contribution in [3.05, 3.63) is 413 Å². The molecule has 0 unspecified atom stereocenters.